The van der Waals surface area contributed by atoms with Gasteiger partial charge in [-0.1, -0.05) is 36.9 Å². The van der Waals surface area contributed by atoms with Crippen LogP contribution in [0.1, 0.15) is 16.7 Å². The molecule has 0 amide bonds. The fraction of sp³-hybridized carbons (Fsp3) is 0.0909. The van der Waals surface area contributed by atoms with Gasteiger partial charge in [0.1, 0.15) is 35.6 Å². The van der Waals surface area contributed by atoms with Gasteiger partial charge < -0.3 is 4.74 Å². The van der Waals surface area contributed by atoms with Gasteiger partial charge in [-0.25, -0.2) is 22.3 Å². The van der Waals surface area contributed by atoms with E-state index in [2.05, 4.69) is 11.3 Å². The minimum atomic E-state index is -5.60. The zero-order valence-corrected chi connectivity index (χ0v) is 22.3. The summed E-state index contributed by atoms with van der Waals surface area (Å²) in [5, 5.41) is 1.72. The van der Waals surface area contributed by atoms with E-state index in [4.69, 9.17) is 4.74 Å². The first-order chi connectivity index (χ1) is 20.7. The highest BCUT2D eigenvalue weighted by Crippen LogP contribution is 2.37. The molecule has 0 aliphatic carbocycles. The molecule has 0 fully saturated rings. The van der Waals surface area contributed by atoms with E-state index in [1.54, 1.807) is 24.3 Å². The van der Waals surface area contributed by atoms with Crippen molar-refractivity contribution in [2.24, 2.45) is 0 Å². The van der Waals surface area contributed by atoms with Crippen LogP contribution in [0.5, 0.6) is 5.75 Å². The second-order valence-electron chi connectivity index (χ2n) is 9.64. The Morgan fingerprint density at radius 1 is 0.614 bits per heavy atom. The van der Waals surface area contributed by atoms with Gasteiger partial charge in [-0.2, -0.15) is 8.78 Å². The van der Waals surface area contributed by atoms with Gasteiger partial charge in [-0.05, 0) is 93.7 Å². The van der Waals surface area contributed by atoms with Crippen LogP contribution in [-0.4, -0.2) is 6.36 Å². The quantitative estimate of drug-likeness (QED) is 0.161. The van der Waals surface area contributed by atoms with Gasteiger partial charge >= 0.3 is 12.5 Å². The van der Waals surface area contributed by atoms with E-state index in [0.717, 1.165) is 40.6 Å². The zero-order chi connectivity index (χ0) is 31.8. The first kappa shape index (κ1) is 30.7. The average Bonchev–Trinajstić information content (AvgIpc) is 2.95. The van der Waals surface area contributed by atoms with Crippen molar-refractivity contribution in [3.63, 3.8) is 0 Å². The van der Waals surface area contributed by atoms with Crippen LogP contribution < -0.4 is 4.74 Å². The molecule has 0 aliphatic rings. The van der Waals surface area contributed by atoms with Crippen molar-refractivity contribution in [3.8, 4) is 28.0 Å². The van der Waals surface area contributed by atoms with Crippen LogP contribution in [0.15, 0.2) is 91.5 Å². The maximum absolute atomic E-state index is 15.2. The first-order valence-electron chi connectivity index (χ1n) is 12.8. The molecule has 226 valence electrons. The van der Waals surface area contributed by atoms with Crippen molar-refractivity contribution >= 4 is 16.8 Å². The summed E-state index contributed by atoms with van der Waals surface area (Å²) in [7, 11) is 0. The molecule has 5 aromatic carbocycles. The largest absolute Gasteiger partial charge is 0.527 e. The number of ether oxygens (including phenoxy) is 2. The molecule has 0 spiro atoms. The fourth-order valence-electron chi connectivity index (χ4n) is 4.58. The molecule has 0 N–H and O–H groups in total. The topological polar surface area (TPSA) is 18.5 Å². The normalized spacial score (nSPS) is 12.0. The Balaban J connectivity index is 1.35. The predicted molar refractivity (Wildman–Crippen MR) is 147 cm³/mol. The van der Waals surface area contributed by atoms with Crippen molar-refractivity contribution < 1.29 is 49.0 Å². The number of hydrogen-bond acceptors (Lipinski definition) is 2. The summed E-state index contributed by atoms with van der Waals surface area (Å²) in [4.78, 5) is 0. The van der Waals surface area contributed by atoms with Gasteiger partial charge in [0.05, 0.1) is 16.7 Å². The molecule has 0 unspecified atom stereocenters. The highest BCUT2D eigenvalue weighted by molar-refractivity contribution is 5.89. The summed E-state index contributed by atoms with van der Waals surface area (Å²) in [6.07, 6.45) is -8.59. The molecule has 0 atom stereocenters. The van der Waals surface area contributed by atoms with Gasteiger partial charge in [0.2, 0.25) is 0 Å². The van der Waals surface area contributed by atoms with Gasteiger partial charge in [-0.15, -0.1) is 13.2 Å². The molecule has 0 heterocycles. The molecule has 0 aromatic heterocycles. The number of hydrogen-bond donors (Lipinski definition) is 0. The molecule has 2 nitrogen and oxygen atoms in total. The Morgan fingerprint density at radius 2 is 1.18 bits per heavy atom. The first-order valence-corrected chi connectivity index (χ1v) is 12.8. The Morgan fingerprint density at radius 3 is 1.77 bits per heavy atom. The number of rotatable bonds is 8. The van der Waals surface area contributed by atoms with Crippen molar-refractivity contribution in [2.45, 2.75) is 19.1 Å². The number of fused-ring (bicyclic) bond motifs is 1. The molecular weight excluding hydrogens is 599 g/mol. The summed E-state index contributed by atoms with van der Waals surface area (Å²) in [6.45, 7) is 2.95. The second kappa shape index (κ2) is 11.7. The summed E-state index contributed by atoms with van der Waals surface area (Å²) >= 11 is 0. The van der Waals surface area contributed by atoms with Crippen LogP contribution in [0.2, 0.25) is 0 Å². The van der Waals surface area contributed by atoms with E-state index >= 15 is 8.78 Å². The molecule has 44 heavy (non-hydrogen) atoms. The van der Waals surface area contributed by atoms with Gasteiger partial charge in [0.15, 0.2) is 0 Å². The maximum Gasteiger partial charge on any atom is 0.527 e. The Hall–Kier alpha value is -4.77. The number of alkyl halides is 5. The van der Waals surface area contributed by atoms with E-state index in [-0.39, 0.29) is 11.3 Å². The molecule has 0 radical (unpaired) electrons. The highest BCUT2D eigenvalue weighted by atomic mass is 19.4. The summed E-state index contributed by atoms with van der Waals surface area (Å²) < 4.78 is 132. The van der Waals surface area contributed by atoms with Crippen molar-refractivity contribution in [3.05, 3.63) is 131 Å². The van der Waals surface area contributed by atoms with E-state index in [1.165, 1.54) is 0 Å². The minimum Gasteiger partial charge on any atom is -0.489 e. The maximum atomic E-state index is 15.2. The molecule has 11 heteroatoms. The molecular formula is C33H19F9O2. The van der Waals surface area contributed by atoms with Crippen LogP contribution in [0, 0.1) is 23.3 Å². The standard InChI is InChI=1S/C33H19F9O2/c1-2-18-3-4-20-12-21(6-5-19(20)11-18)22-13-29(36)31(30(37)14-22)23-15-27(34)26(28(35)16-23)17-43-25-9-7-24(8-10-25)32(38,39)44-33(40,41)42/h2-16H,1,17H2. The third kappa shape index (κ3) is 6.57. The SMILES string of the molecule is C=Cc1ccc2cc(-c3cc(F)c(-c4cc(F)c(COc5ccc(C(F)(F)OC(F)(F)F)cc5)c(F)c4)c(F)c3)ccc2c1. The predicted octanol–water partition coefficient (Wildman–Crippen LogP) is 10.5. The Bertz CT molecular complexity index is 1820. The van der Waals surface area contributed by atoms with Crippen molar-refractivity contribution in [1.82, 2.24) is 0 Å². The minimum absolute atomic E-state index is 0.207. The van der Waals surface area contributed by atoms with E-state index in [1.807, 2.05) is 18.2 Å². The zero-order valence-electron chi connectivity index (χ0n) is 22.3. The van der Waals surface area contributed by atoms with Crippen LogP contribution >= 0.6 is 0 Å². The van der Waals surface area contributed by atoms with Crippen LogP contribution in [0.25, 0.3) is 39.1 Å². The lowest BCUT2D eigenvalue weighted by molar-refractivity contribution is -0.431. The van der Waals surface area contributed by atoms with Gasteiger partial charge in [0.25, 0.3) is 0 Å². The van der Waals surface area contributed by atoms with Crippen molar-refractivity contribution in [1.29, 1.82) is 0 Å². The average molecular weight is 618 g/mol. The third-order valence-electron chi connectivity index (χ3n) is 6.72. The summed E-state index contributed by atoms with van der Waals surface area (Å²) in [5.41, 5.74) is -1.23. The van der Waals surface area contributed by atoms with Crippen LogP contribution in [-0.2, 0) is 17.5 Å². The van der Waals surface area contributed by atoms with Gasteiger partial charge in [-0.3, -0.25) is 0 Å². The smallest absolute Gasteiger partial charge is 0.489 e. The lowest BCUT2D eigenvalue weighted by atomic mass is 9.96. The molecule has 5 rings (SSSR count). The Kier molecular flexibility index (Phi) is 8.17. The van der Waals surface area contributed by atoms with Crippen molar-refractivity contribution in [2.75, 3.05) is 0 Å². The lowest BCUT2D eigenvalue weighted by Gasteiger charge is -2.18. The molecule has 0 saturated heterocycles. The van der Waals surface area contributed by atoms with Gasteiger partial charge in [0, 0.05) is 0 Å². The third-order valence-corrected chi connectivity index (χ3v) is 6.72. The number of benzene rings is 5. The van der Waals surface area contributed by atoms with Crippen LogP contribution in [0.4, 0.5) is 39.5 Å². The monoisotopic (exact) mass is 618 g/mol. The summed E-state index contributed by atoms with van der Waals surface area (Å²) in [5.74, 6) is -4.74. The molecule has 0 aliphatic heterocycles. The molecule has 0 bridgehead atoms. The lowest BCUT2D eigenvalue weighted by Crippen LogP contribution is -2.27. The van der Waals surface area contributed by atoms with E-state index in [0.29, 0.717) is 29.8 Å². The van der Waals surface area contributed by atoms with Crippen LogP contribution in [0.3, 0.4) is 0 Å². The van der Waals surface area contributed by atoms with E-state index < -0.39 is 64.6 Å². The highest BCUT2D eigenvalue weighted by Gasteiger charge is 2.46. The second-order valence-corrected chi connectivity index (χ2v) is 9.64. The summed E-state index contributed by atoms with van der Waals surface area (Å²) in [6, 6.07) is 17.2. The fourth-order valence-corrected chi connectivity index (χ4v) is 4.58. The van der Waals surface area contributed by atoms with E-state index in [9.17, 15) is 30.7 Å². The molecule has 0 saturated carbocycles. The Labute approximate surface area is 244 Å². The number of halogens is 9. The molecule has 5 aromatic rings.